The van der Waals surface area contributed by atoms with Crippen LogP contribution in [0.4, 0.5) is 0 Å². The molecule has 3 aromatic rings. The van der Waals surface area contributed by atoms with E-state index in [1.807, 2.05) is 30.3 Å². The van der Waals surface area contributed by atoms with Crippen molar-refractivity contribution in [1.82, 2.24) is 36.0 Å². The molecule has 0 fully saturated rings. The molecule has 3 atom stereocenters. The first-order chi connectivity index (χ1) is 22.1. The van der Waals surface area contributed by atoms with E-state index >= 15 is 0 Å². The molecule has 0 saturated heterocycles. The second-order valence-corrected chi connectivity index (χ2v) is 11.7. The SMILES string of the molecule is CC(C)CCCC(=O)N[C@H]1Cc2ccc(cc2)OCCNC(=O)Cn2nc(-c3ccccc3)nc2[C@H](C)NC(=O)[C@H](CO)NC1=O. The smallest absolute Gasteiger partial charge is 0.245 e. The van der Waals surface area contributed by atoms with Crippen LogP contribution in [0.15, 0.2) is 54.6 Å². The Hall–Kier alpha value is -4.78. The molecule has 5 rings (SSSR count). The number of hydrogen-bond acceptors (Lipinski definition) is 8. The van der Waals surface area contributed by atoms with Crippen LogP contribution in [0, 0.1) is 5.92 Å². The zero-order valence-corrected chi connectivity index (χ0v) is 26.5. The minimum absolute atomic E-state index is 0.152. The number of ether oxygens (including phenoxy) is 1. The summed E-state index contributed by atoms with van der Waals surface area (Å²) in [4.78, 5) is 57.1. The van der Waals surface area contributed by atoms with Crippen molar-refractivity contribution in [3.63, 3.8) is 0 Å². The summed E-state index contributed by atoms with van der Waals surface area (Å²) in [7, 11) is 0. The number of carbonyl (C=O) groups excluding carboxylic acids is 4. The van der Waals surface area contributed by atoms with Gasteiger partial charge in [-0.15, -0.1) is 0 Å². The van der Waals surface area contributed by atoms with E-state index in [4.69, 9.17) is 4.74 Å². The maximum absolute atomic E-state index is 13.5. The van der Waals surface area contributed by atoms with Gasteiger partial charge in [-0.1, -0.05) is 62.7 Å². The van der Waals surface area contributed by atoms with Crippen LogP contribution in [0.2, 0.25) is 0 Å². The Labute approximate surface area is 268 Å². The van der Waals surface area contributed by atoms with Crippen molar-refractivity contribution >= 4 is 23.6 Å². The molecule has 2 aliphatic rings. The van der Waals surface area contributed by atoms with E-state index in [0.717, 1.165) is 17.5 Å². The Bertz CT molecular complexity index is 1480. The van der Waals surface area contributed by atoms with E-state index in [1.54, 1.807) is 31.2 Å². The Morgan fingerprint density at radius 3 is 2.50 bits per heavy atom. The lowest BCUT2D eigenvalue weighted by Gasteiger charge is -2.24. The van der Waals surface area contributed by atoms with Crippen molar-refractivity contribution in [1.29, 1.82) is 0 Å². The molecule has 0 saturated carbocycles. The van der Waals surface area contributed by atoms with Crippen molar-refractivity contribution in [2.75, 3.05) is 19.8 Å². The molecule has 13 nitrogen and oxygen atoms in total. The Kier molecular flexibility index (Phi) is 12.2. The second-order valence-electron chi connectivity index (χ2n) is 11.7. The van der Waals surface area contributed by atoms with Crippen LogP contribution in [-0.2, 0) is 32.1 Å². The average Bonchev–Trinajstić information content (AvgIpc) is 3.45. The summed E-state index contributed by atoms with van der Waals surface area (Å²) in [6, 6.07) is 13.2. The van der Waals surface area contributed by atoms with E-state index in [9.17, 15) is 24.3 Å². The Morgan fingerprint density at radius 1 is 1.07 bits per heavy atom. The molecule has 13 heteroatoms. The predicted molar refractivity (Wildman–Crippen MR) is 170 cm³/mol. The quantitative estimate of drug-likeness (QED) is 0.261. The van der Waals surface area contributed by atoms with Crippen molar-refractivity contribution in [3.8, 4) is 17.1 Å². The number of aliphatic hydroxyl groups is 1. The summed E-state index contributed by atoms with van der Waals surface area (Å²) in [5.41, 5.74) is 1.48. The van der Waals surface area contributed by atoms with Crippen LogP contribution in [-0.4, -0.2) is 75.3 Å². The molecule has 0 unspecified atom stereocenters. The third kappa shape index (κ3) is 9.86. The third-order valence-corrected chi connectivity index (χ3v) is 7.48. The van der Waals surface area contributed by atoms with Gasteiger partial charge >= 0.3 is 0 Å². The molecule has 5 N–H and O–H groups in total. The first kappa shape index (κ1) is 34.1. The van der Waals surface area contributed by atoms with Gasteiger partial charge in [-0.25, -0.2) is 9.67 Å². The van der Waals surface area contributed by atoms with Crippen LogP contribution < -0.4 is 26.0 Å². The van der Waals surface area contributed by atoms with Crippen LogP contribution in [0.3, 0.4) is 0 Å². The van der Waals surface area contributed by atoms with Gasteiger partial charge in [0.2, 0.25) is 23.6 Å². The number of hydrogen-bond donors (Lipinski definition) is 5. The van der Waals surface area contributed by atoms with Crippen molar-refractivity contribution < 1.29 is 29.0 Å². The molecule has 46 heavy (non-hydrogen) atoms. The van der Waals surface area contributed by atoms with E-state index < -0.39 is 36.5 Å². The first-order valence-electron chi connectivity index (χ1n) is 15.6. The highest BCUT2D eigenvalue weighted by atomic mass is 16.5. The van der Waals surface area contributed by atoms with Crippen LogP contribution in [0.5, 0.6) is 5.75 Å². The average molecular weight is 634 g/mol. The van der Waals surface area contributed by atoms with Gasteiger partial charge in [0, 0.05) is 18.4 Å². The number of carbonyl (C=O) groups is 4. The van der Waals surface area contributed by atoms with Crippen molar-refractivity contribution in [2.24, 2.45) is 5.92 Å². The molecule has 0 radical (unpaired) electrons. The van der Waals surface area contributed by atoms with E-state index in [1.165, 1.54) is 4.68 Å². The monoisotopic (exact) mass is 633 g/mol. The fraction of sp³-hybridized carbons (Fsp3) is 0.455. The van der Waals surface area contributed by atoms with Gasteiger partial charge in [0.05, 0.1) is 19.2 Å². The van der Waals surface area contributed by atoms with Crippen molar-refractivity contribution in [3.05, 3.63) is 66.0 Å². The normalized spacial score (nSPS) is 19.8. The zero-order valence-electron chi connectivity index (χ0n) is 26.5. The highest BCUT2D eigenvalue weighted by Crippen LogP contribution is 2.19. The molecule has 246 valence electrons. The summed E-state index contributed by atoms with van der Waals surface area (Å²) in [5, 5.41) is 25.6. The predicted octanol–water partition coefficient (Wildman–Crippen LogP) is 1.66. The molecule has 1 aromatic heterocycles. The number of aliphatic hydroxyl groups excluding tert-OH is 1. The molecular weight excluding hydrogens is 590 g/mol. The molecular formula is C33H43N7O6. The fourth-order valence-corrected chi connectivity index (χ4v) is 5.00. The van der Waals surface area contributed by atoms with Gasteiger partial charge in [-0.2, -0.15) is 5.10 Å². The highest BCUT2D eigenvalue weighted by Gasteiger charge is 2.29. The number of benzene rings is 2. The molecule has 0 spiro atoms. The van der Waals surface area contributed by atoms with Gasteiger partial charge in [-0.05, 0) is 37.0 Å². The van der Waals surface area contributed by atoms with Gasteiger partial charge in [0.25, 0.3) is 0 Å². The number of nitrogens with zero attached hydrogens (tertiary/aromatic N) is 3. The molecule has 2 bridgehead atoms. The van der Waals surface area contributed by atoms with Gasteiger partial charge in [0.15, 0.2) is 5.82 Å². The zero-order chi connectivity index (χ0) is 33.1. The number of rotatable bonds is 7. The molecule has 3 heterocycles. The second kappa shape index (κ2) is 16.5. The fourth-order valence-electron chi connectivity index (χ4n) is 5.00. The number of amides is 4. The van der Waals surface area contributed by atoms with Crippen LogP contribution >= 0.6 is 0 Å². The Balaban J connectivity index is 1.59. The number of fused-ring (bicyclic) bond motifs is 14. The summed E-state index contributed by atoms with van der Waals surface area (Å²) >= 11 is 0. The lowest BCUT2D eigenvalue weighted by Crippen LogP contribution is -2.55. The molecule has 2 aliphatic heterocycles. The standard InChI is InChI=1S/C33H43N7O6/c1-21(2)8-7-11-28(42)36-26-18-23-12-14-25(15-13-23)46-17-16-34-29(43)19-40-31(38-30(39-40)24-9-5-4-6-10-24)22(3)35-33(45)27(20-41)37-32(26)44/h4-6,9-10,12-15,21-22,26-27,41H,7-8,11,16-20H2,1-3H3,(H,34,43)(H,35,45)(H,36,42)(H,37,44)/t22-,26-,27-/m0/s1. The topological polar surface area (TPSA) is 177 Å². The molecule has 4 amide bonds. The summed E-state index contributed by atoms with van der Waals surface area (Å²) < 4.78 is 7.19. The van der Waals surface area contributed by atoms with Crippen LogP contribution in [0.1, 0.15) is 57.5 Å². The van der Waals surface area contributed by atoms with Crippen molar-refractivity contribution in [2.45, 2.75) is 71.1 Å². The third-order valence-electron chi connectivity index (χ3n) is 7.48. The lowest BCUT2D eigenvalue weighted by molar-refractivity contribution is -0.133. The number of nitrogens with one attached hydrogen (secondary N) is 4. The molecule has 2 aromatic carbocycles. The minimum Gasteiger partial charge on any atom is -0.492 e. The number of aromatic nitrogens is 3. The lowest BCUT2D eigenvalue weighted by atomic mass is 10.0. The van der Waals surface area contributed by atoms with E-state index in [0.29, 0.717) is 29.7 Å². The largest absolute Gasteiger partial charge is 0.492 e. The first-order valence-corrected chi connectivity index (χ1v) is 15.6. The van der Waals surface area contributed by atoms with E-state index in [-0.39, 0.29) is 44.4 Å². The molecule has 0 aliphatic carbocycles. The Morgan fingerprint density at radius 2 is 1.80 bits per heavy atom. The van der Waals surface area contributed by atoms with Gasteiger partial charge < -0.3 is 31.1 Å². The summed E-state index contributed by atoms with van der Waals surface area (Å²) in [5.74, 6) is -0.178. The van der Waals surface area contributed by atoms with Gasteiger partial charge in [0.1, 0.15) is 36.8 Å². The summed E-state index contributed by atoms with van der Waals surface area (Å²) in [6.07, 6.45) is 1.97. The van der Waals surface area contributed by atoms with E-state index in [2.05, 4.69) is 45.2 Å². The minimum atomic E-state index is -1.31. The highest BCUT2D eigenvalue weighted by molar-refractivity contribution is 5.92. The maximum Gasteiger partial charge on any atom is 0.245 e. The van der Waals surface area contributed by atoms with Gasteiger partial charge in [-0.3, -0.25) is 19.2 Å². The van der Waals surface area contributed by atoms with Crippen LogP contribution in [0.25, 0.3) is 11.4 Å². The summed E-state index contributed by atoms with van der Waals surface area (Å²) in [6.45, 7) is 5.44. The maximum atomic E-state index is 13.5.